The molecule has 3 aromatic rings. The molecule has 0 saturated carbocycles. The minimum absolute atomic E-state index is 0.0847. The Morgan fingerprint density at radius 3 is 2.61 bits per heavy atom. The molecule has 1 aromatic heterocycles. The number of carbonyl (C=O) groups is 1. The van der Waals surface area contributed by atoms with E-state index in [1.165, 1.54) is 6.20 Å². The maximum Gasteiger partial charge on any atom is 0.283 e. The van der Waals surface area contributed by atoms with Crippen LogP contribution in [0.25, 0.3) is 0 Å². The molecule has 1 amide bonds. The lowest BCUT2D eigenvalue weighted by Crippen LogP contribution is -2.31. The molecule has 5 rings (SSSR count). The average Bonchev–Trinajstić information content (AvgIpc) is 3.17. The molecule has 8 nitrogen and oxygen atoms in total. The number of hydrogen-bond acceptors (Lipinski definition) is 7. The number of aromatic nitrogens is 1. The number of nitrogens with zero attached hydrogens (tertiary/aromatic N) is 2. The van der Waals surface area contributed by atoms with Crippen LogP contribution in [0.2, 0.25) is 5.02 Å². The van der Waals surface area contributed by atoms with Crippen LogP contribution >= 0.6 is 11.6 Å². The first-order chi connectivity index (χ1) is 15.0. The van der Waals surface area contributed by atoms with Gasteiger partial charge < -0.3 is 25.3 Å². The highest BCUT2D eigenvalue weighted by Crippen LogP contribution is 2.52. The van der Waals surface area contributed by atoms with Crippen molar-refractivity contribution < 1.29 is 19.0 Å². The monoisotopic (exact) mass is 436 g/mol. The van der Waals surface area contributed by atoms with Gasteiger partial charge in [-0.2, -0.15) is 0 Å². The van der Waals surface area contributed by atoms with Crippen LogP contribution in [0.4, 0.5) is 5.69 Å². The predicted molar refractivity (Wildman–Crippen MR) is 115 cm³/mol. The van der Waals surface area contributed by atoms with Crippen LogP contribution in [0.3, 0.4) is 0 Å². The third-order valence-electron chi connectivity index (χ3n) is 5.23. The fraction of sp³-hybridized carbons (Fsp3) is 0.136. The topological polar surface area (TPSA) is 108 Å². The number of aliphatic imine (C=N–C) groups is 1. The highest BCUT2D eigenvalue weighted by atomic mass is 35.5. The van der Waals surface area contributed by atoms with Gasteiger partial charge in [0.2, 0.25) is 0 Å². The first kappa shape index (κ1) is 19.2. The highest BCUT2D eigenvalue weighted by molar-refractivity contribution is 6.30. The van der Waals surface area contributed by atoms with Crippen molar-refractivity contribution in [3.63, 3.8) is 0 Å². The molecule has 1 atom stereocenters. The summed E-state index contributed by atoms with van der Waals surface area (Å²) in [6, 6.07) is 14.1. The van der Waals surface area contributed by atoms with Crippen LogP contribution in [0.5, 0.6) is 17.2 Å². The van der Waals surface area contributed by atoms with Gasteiger partial charge in [0.05, 0.1) is 12.1 Å². The Morgan fingerprint density at radius 2 is 1.94 bits per heavy atom. The number of hydrogen-bond donors (Lipinski definition) is 2. The second-order valence-electron chi connectivity index (χ2n) is 7.09. The van der Waals surface area contributed by atoms with Crippen molar-refractivity contribution in [1.82, 2.24) is 4.98 Å². The van der Waals surface area contributed by atoms with Crippen molar-refractivity contribution in [2.75, 3.05) is 19.0 Å². The summed E-state index contributed by atoms with van der Waals surface area (Å²) in [7, 11) is 1.59. The number of anilines is 1. The van der Waals surface area contributed by atoms with E-state index in [-0.39, 0.29) is 24.2 Å². The first-order valence-corrected chi connectivity index (χ1v) is 9.78. The first-order valence-electron chi connectivity index (χ1n) is 9.40. The Labute approximate surface area is 182 Å². The van der Waals surface area contributed by atoms with Crippen LogP contribution in [-0.2, 0) is 10.3 Å². The fourth-order valence-electron chi connectivity index (χ4n) is 3.74. The zero-order valence-electron chi connectivity index (χ0n) is 16.4. The summed E-state index contributed by atoms with van der Waals surface area (Å²) in [6.45, 7) is 0.200. The van der Waals surface area contributed by atoms with Gasteiger partial charge in [0.15, 0.2) is 5.54 Å². The third kappa shape index (κ3) is 3.21. The van der Waals surface area contributed by atoms with E-state index in [2.05, 4.69) is 15.3 Å². The van der Waals surface area contributed by atoms with E-state index >= 15 is 0 Å². The number of rotatable bonds is 3. The number of fused-ring (bicyclic) bond motifs is 4. The van der Waals surface area contributed by atoms with E-state index in [9.17, 15) is 4.79 Å². The molecule has 31 heavy (non-hydrogen) atoms. The number of amidine groups is 1. The van der Waals surface area contributed by atoms with Crippen LogP contribution in [-0.4, -0.2) is 30.6 Å². The average molecular weight is 437 g/mol. The Kier molecular flexibility index (Phi) is 4.44. The van der Waals surface area contributed by atoms with Crippen molar-refractivity contribution in [3.05, 3.63) is 76.6 Å². The predicted octanol–water partition coefficient (Wildman–Crippen LogP) is 3.69. The van der Waals surface area contributed by atoms with Gasteiger partial charge in [-0.3, -0.25) is 4.79 Å². The molecule has 3 heterocycles. The Balaban J connectivity index is 1.56. The molecule has 1 unspecified atom stereocenters. The van der Waals surface area contributed by atoms with E-state index in [1.807, 2.05) is 18.2 Å². The van der Waals surface area contributed by atoms with Gasteiger partial charge in [0.25, 0.3) is 11.9 Å². The Morgan fingerprint density at radius 1 is 1.16 bits per heavy atom. The Hall–Kier alpha value is -3.78. The molecular formula is C22H17ClN4O4. The number of ether oxygens (including phenoxy) is 3. The van der Waals surface area contributed by atoms with Crippen molar-refractivity contribution in [2.45, 2.75) is 5.54 Å². The van der Waals surface area contributed by atoms with Gasteiger partial charge in [-0.05, 0) is 48.5 Å². The maximum atomic E-state index is 12.6. The largest absolute Gasteiger partial charge is 0.497 e. The van der Waals surface area contributed by atoms with Gasteiger partial charge in [-0.15, -0.1) is 0 Å². The van der Waals surface area contributed by atoms with E-state index in [0.29, 0.717) is 28.0 Å². The van der Waals surface area contributed by atoms with Crippen molar-refractivity contribution in [3.8, 4) is 17.2 Å². The second-order valence-corrected chi connectivity index (χ2v) is 7.53. The fourth-order valence-corrected chi connectivity index (χ4v) is 3.86. The third-order valence-corrected chi connectivity index (χ3v) is 5.45. The molecule has 1 spiro atoms. The van der Waals surface area contributed by atoms with Crippen molar-refractivity contribution in [2.24, 2.45) is 10.7 Å². The number of benzene rings is 2. The lowest BCUT2D eigenvalue weighted by Gasteiger charge is -2.33. The molecule has 2 aromatic carbocycles. The zero-order valence-corrected chi connectivity index (χ0v) is 17.1. The van der Waals surface area contributed by atoms with Crippen molar-refractivity contribution >= 4 is 29.2 Å². The molecule has 2 aliphatic rings. The van der Waals surface area contributed by atoms with Crippen LogP contribution in [0, 0.1) is 0 Å². The molecule has 9 heteroatoms. The summed E-state index contributed by atoms with van der Waals surface area (Å²) in [4.78, 5) is 21.3. The summed E-state index contributed by atoms with van der Waals surface area (Å²) >= 11 is 5.85. The Bertz CT molecular complexity index is 1230. The molecule has 156 valence electrons. The van der Waals surface area contributed by atoms with E-state index in [1.54, 1.807) is 37.4 Å². The molecule has 2 aliphatic heterocycles. The van der Waals surface area contributed by atoms with Gasteiger partial charge in [-0.25, -0.2) is 9.98 Å². The quantitative estimate of drug-likeness (QED) is 0.648. The summed E-state index contributed by atoms with van der Waals surface area (Å²) in [5, 5.41) is 3.30. The number of nitrogens with two attached hydrogens (primary N) is 1. The summed E-state index contributed by atoms with van der Waals surface area (Å²) in [5.41, 5.74) is 7.26. The normalized spacial score (nSPS) is 18.3. The molecule has 0 fully saturated rings. The molecule has 0 aliphatic carbocycles. The highest BCUT2D eigenvalue weighted by Gasteiger charge is 2.47. The summed E-state index contributed by atoms with van der Waals surface area (Å²) in [6.07, 6.45) is 1.42. The maximum absolute atomic E-state index is 12.6. The molecule has 0 saturated heterocycles. The minimum Gasteiger partial charge on any atom is -0.497 e. The number of pyridine rings is 1. The van der Waals surface area contributed by atoms with Crippen molar-refractivity contribution in [1.29, 1.82) is 0 Å². The molecular weight excluding hydrogens is 420 g/mol. The van der Waals surface area contributed by atoms with Gasteiger partial charge >= 0.3 is 0 Å². The number of amides is 1. The second kappa shape index (κ2) is 7.17. The standard InChI is InChI=1S/C22H17ClN4O4/c1-29-14-4-7-19-16(9-14)22(11-30-21(24)27-22)15-8-13(3-6-18(15)31-19)26-20(28)17-5-2-12(23)10-25-17/h2-10H,11H2,1H3,(H2,24,27)(H,26,28). The smallest absolute Gasteiger partial charge is 0.283 e. The van der Waals surface area contributed by atoms with Gasteiger partial charge in [0.1, 0.15) is 29.5 Å². The molecule has 0 radical (unpaired) electrons. The van der Waals surface area contributed by atoms with Gasteiger partial charge in [0, 0.05) is 23.0 Å². The number of halogens is 1. The van der Waals surface area contributed by atoms with Crippen LogP contribution in [0.15, 0.2) is 59.7 Å². The minimum atomic E-state index is -0.916. The summed E-state index contributed by atoms with van der Waals surface area (Å²) in [5.74, 6) is 1.53. The van der Waals surface area contributed by atoms with E-state index in [0.717, 1.165) is 11.1 Å². The summed E-state index contributed by atoms with van der Waals surface area (Å²) < 4.78 is 17.0. The lowest BCUT2D eigenvalue weighted by molar-refractivity contribution is 0.102. The number of carbonyl (C=O) groups excluding carboxylic acids is 1. The van der Waals surface area contributed by atoms with E-state index < -0.39 is 5.54 Å². The number of nitrogens with one attached hydrogen (secondary N) is 1. The molecule has 0 bridgehead atoms. The lowest BCUT2D eigenvalue weighted by atomic mass is 9.81. The van der Waals surface area contributed by atoms with Crippen LogP contribution in [0.1, 0.15) is 21.6 Å². The molecule has 3 N–H and O–H groups in total. The van der Waals surface area contributed by atoms with Gasteiger partial charge in [-0.1, -0.05) is 11.6 Å². The SMILES string of the molecule is COc1ccc2c(c1)C1(COC(N)=N1)c1cc(NC(=O)c3ccc(Cl)cn3)ccc1O2. The number of methoxy groups -OCH3 is 1. The van der Waals surface area contributed by atoms with E-state index in [4.69, 9.17) is 31.5 Å². The van der Waals surface area contributed by atoms with Crippen LogP contribution < -0.4 is 20.5 Å². The zero-order chi connectivity index (χ0) is 21.6.